The van der Waals surface area contributed by atoms with Gasteiger partial charge in [0.1, 0.15) is 0 Å². The molecule has 1 aliphatic rings. The van der Waals surface area contributed by atoms with E-state index in [0.717, 1.165) is 42.5 Å². The van der Waals surface area contributed by atoms with E-state index in [2.05, 4.69) is 10.6 Å². The summed E-state index contributed by atoms with van der Waals surface area (Å²) in [5, 5.41) is 5.95. The van der Waals surface area contributed by atoms with E-state index >= 15 is 0 Å². The second-order valence-corrected chi connectivity index (χ2v) is 9.43. The Morgan fingerprint density at radius 3 is 2.28 bits per heavy atom. The second-order valence-electron chi connectivity index (χ2n) is 7.49. The maximum Gasteiger partial charge on any atom is 0.243 e. The summed E-state index contributed by atoms with van der Waals surface area (Å²) in [6, 6.07) is 12.4. The number of benzene rings is 2. The number of hydrogen-bond acceptors (Lipinski definition) is 4. The number of nitrogens with zero attached hydrogens (tertiary/aromatic N) is 1. The van der Waals surface area contributed by atoms with Crippen LogP contribution >= 0.6 is 0 Å². The minimum Gasteiger partial charge on any atom is -0.376 e. The fraction of sp³-hybridized carbons (Fsp3) is 0.409. The maximum atomic E-state index is 12.8. The van der Waals surface area contributed by atoms with Gasteiger partial charge in [-0.25, -0.2) is 8.42 Å². The van der Waals surface area contributed by atoms with Crippen molar-refractivity contribution in [2.24, 2.45) is 0 Å². The fourth-order valence-electron chi connectivity index (χ4n) is 3.44. The molecule has 0 aromatic heterocycles. The van der Waals surface area contributed by atoms with E-state index in [1.165, 1.54) is 0 Å². The molecule has 0 aliphatic carbocycles. The van der Waals surface area contributed by atoms with Crippen LogP contribution in [0.25, 0.3) is 0 Å². The van der Waals surface area contributed by atoms with E-state index in [4.69, 9.17) is 0 Å². The van der Waals surface area contributed by atoms with Crippen molar-refractivity contribution in [1.82, 2.24) is 4.31 Å². The van der Waals surface area contributed by atoms with Gasteiger partial charge in [-0.1, -0.05) is 25.0 Å². The van der Waals surface area contributed by atoms with Gasteiger partial charge >= 0.3 is 0 Å². The van der Waals surface area contributed by atoms with Gasteiger partial charge in [0.25, 0.3) is 0 Å². The number of carbonyl (C=O) groups is 1. The SMILES string of the molecule is Cc1cccc(NC(=O)CNc2ccc(S(=O)(=O)N3CCCCCC3)cc2)c1C. The number of sulfonamides is 1. The molecule has 1 saturated heterocycles. The topological polar surface area (TPSA) is 78.5 Å². The summed E-state index contributed by atoms with van der Waals surface area (Å²) in [7, 11) is -3.46. The van der Waals surface area contributed by atoms with E-state index < -0.39 is 10.0 Å². The maximum absolute atomic E-state index is 12.8. The Bertz CT molecular complexity index is 948. The third kappa shape index (κ3) is 5.36. The Balaban J connectivity index is 1.59. The number of rotatable bonds is 6. The lowest BCUT2D eigenvalue weighted by Crippen LogP contribution is -2.31. The predicted molar refractivity (Wildman–Crippen MR) is 117 cm³/mol. The van der Waals surface area contributed by atoms with Crippen molar-refractivity contribution in [3.63, 3.8) is 0 Å². The van der Waals surface area contributed by atoms with Crippen LogP contribution in [0.3, 0.4) is 0 Å². The molecular weight excluding hydrogens is 386 g/mol. The van der Waals surface area contributed by atoms with Crippen LogP contribution in [0, 0.1) is 13.8 Å². The van der Waals surface area contributed by atoms with E-state index in [1.807, 2.05) is 32.0 Å². The third-order valence-corrected chi connectivity index (χ3v) is 7.30. The Kier molecular flexibility index (Phi) is 6.92. The van der Waals surface area contributed by atoms with Gasteiger partial charge in [-0.15, -0.1) is 0 Å². The average Bonchev–Trinajstić information content (AvgIpc) is 3.00. The standard InChI is InChI=1S/C22H29N3O3S/c1-17-8-7-9-21(18(17)2)24-22(26)16-23-19-10-12-20(13-11-19)29(27,28)25-14-5-3-4-6-15-25/h7-13,23H,3-6,14-16H2,1-2H3,(H,24,26). The summed E-state index contributed by atoms with van der Waals surface area (Å²) in [6.07, 6.45) is 3.99. The lowest BCUT2D eigenvalue weighted by Gasteiger charge is -2.20. The molecule has 2 aromatic rings. The second kappa shape index (κ2) is 9.41. The van der Waals surface area contributed by atoms with Crippen LogP contribution in [-0.2, 0) is 14.8 Å². The van der Waals surface area contributed by atoms with Crippen molar-refractivity contribution >= 4 is 27.3 Å². The van der Waals surface area contributed by atoms with E-state index in [-0.39, 0.29) is 12.5 Å². The Morgan fingerprint density at radius 2 is 1.62 bits per heavy atom. The van der Waals surface area contributed by atoms with Gasteiger partial charge < -0.3 is 10.6 Å². The molecule has 0 atom stereocenters. The van der Waals surface area contributed by atoms with E-state index in [0.29, 0.717) is 23.7 Å². The molecule has 2 aromatic carbocycles. The molecule has 1 aliphatic heterocycles. The summed E-state index contributed by atoms with van der Waals surface area (Å²) >= 11 is 0. The lowest BCUT2D eigenvalue weighted by atomic mass is 10.1. The van der Waals surface area contributed by atoms with Gasteiger partial charge in [0.15, 0.2) is 0 Å². The van der Waals surface area contributed by atoms with Crippen LogP contribution in [0.4, 0.5) is 11.4 Å². The number of aryl methyl sites for hydroxylation is 1. The number of carbonyl (C=O) groups excluding carboxylic acids is 1. The van der Waals surface area contributed by atoms with Crippen LogP contribution in [0.5, 0.6) is 0 Å². The first-order valence-corrected chi connectivity index (χ1v) is 11.5. The van der Waals surface area contributed by atoms with Crippen molar-refractivity contribution < 1.29 is 13.2 Å². The molecule has 1 heterocycles. The summed E-state index contributed by atoms with van der Waals surface area (Å²) < 4.78 is 27.2. The monoisotopic (exact) mass is 415 g/mol. The van der Waals surface area contributed by atoms with Crippen molar-refractivity contribution in [3.05, 3.63) is 53.6 Å². The summed E-state index contributed by atoms with van der Waals surface area (Å²) in [5.41, 5.74) is 3.67. The van der Waals surface area contributed by atoms with Crippen LogP contribution in [-0.4, -0.2) is 38.3 Å². The molecular formula is C22H29N3O3S. The normalized spacial score (nSPS) is 15.5. The van der Waals surface area contributed by atoms with Gasteiger partial charge in [-0.05, 0) is 68.1 Å². The first-order valence-electron chi connectivity index (χ1n) is 10.1. The predicted octanol–water partition coefficient (Wildman–Crippen LogP) is 3.92. The first kappa shape index (κ1) is 21.3. The molecule has 2 N–H and O–H groups in total. The molecule has 156 valence electrons. The highest BCUT2D eigenvalue weighted by molar-refractivity contribution is 7.89. The molecule has 7 heteroatoms. The van der Waals surface area contributed by atoms with E-state index in [9.17, 15) is 13.2 Å². The molecule has 6 nitrogen and oxygen atoms in total. The molecule has 0 unspecified atom stereocenters. The average molecular weight is 416 g/mol. The van der Waals surface area contributed by atoms with Crippen LogP contribution < -0.4 is 10.6 Å². The number of hydrogen-bond donors (Lipinski definition) is 2. The molecule has 0 bridgehead atoms. The summed E-state index contributed by atoms with van der Waals surface area (Å²) in [5.74, 6) is -0.153. The fourth-order valence-corrected chi connectivity index (χ4v) is 4.96. The van der Waals surface area contributed by atoms with Crippen LogP contribution in [0.2, 0.25) is 0 Å². The Labute approximate surface area is 173 Å². The van der Waals surface area contributed by atoms with Crippen molar-refractivity contribution in [2.75, 3.05) is 30.3 Å². The zero-order chi connectivity index (χ0) is 20.9. The number of anilines is 2. The van der Waals surface area contributed by atoms with Crippen LogP contribution in [0.15, 0.2) is 47.4 Å². The van der Waals surface area contributed by atoms with Gasteiger partial charge in [0.05, 0.1) is 11.4 Å². The molecule has 0 radical (unpaired) electrons. The minimum absolute atomic E-state index is 0.103. The molecule has 0 spiro atoms. The molecule has 1 fully saturated rings. The molecule has 1 amide bonds. The van der Waals surface area contributed by atoms with Gasteiger partial charge in [0.2, 0.25) is 15.9 Å². The molecule has 3 rings (SSSR count). The zero-order valence-corrected chi connectivity index (χ0v) is 17.9. The molecule has 29 heavy (non-hydrogen) atoms. The van der Waals surface area contributed by atoms with Crippen molar-refractivity contribution in [3.8, 4) is 0 Å². The Hall–Kier alpha value is -2.38. The zero-order valence-electron chi connectivity index (χ0n) is 17.1. The largest absolute Gasteiger partial charge is 0.376 e. The smallest absolute Gasteiger partial charge is 0.243 e. The highest BCUT2D eigenvalue weighted by Crippen LogP contribution is 2.22. The summed E-state index contributed by atoms with van der Waals surface area (Å²) in [4.78, 5) is 12.5. The third-order valence-electron chi connectivity index (χ3n) is 5.39. The van der Waals surface area contributed by atoms with Crippen molar-refractivity contribution in [1.29, 1.82) is 0 Å². The molecule has 0 saturated carbocycles. The van der Waals surface area contributed by atoms with Crippen LogP contribution in [0.1, 0.15) is 36.8 Å². The quantitative estimate of drug-likeness (QED) is 0.750. The highest BCUT2D eigenvalue weighted by Gasteiger charge is 2.24. The number of amides is 1. The van der Waals surface area contributed by atoms with Gasteiger partial charge in [-0.3, -0.25) is 4.79 Å². The highest BCUT2D eigenvalue weighted by atomic mass is 32.2. The lowest BCUT2D eigenvalue weighted by molar-refractivity contribution is -0.114. The van der Waals surface area contributed by atoms with Gasteiger partial charge in [-0.2, -0.15) is 4.31 Å². The van der Waals surface area contributed by atoms with Gasteiger partial charge in [0, 0.05) is 24.5 Å². The number of nitrogens with one attached hydrogen (secondary N) is 2. The summed E-state index contributed by atoms with van der Waals surface area (Å²) in [6.45, 7) is 5.25. The first-order chi connectivity index (χ1) is 13.9. The van der Waals surface area contributed by atoms with Crippen molar-refractivity contribution in [2.45, 2.75) is 44.4 Å². The Morgan fingerprint density at radius 1 is 0.966 bits per heavy atom. The van der Waals surface area contributed by atoms with E-state index in [1.54, 1.807) is 28.6 Å². The minimum atomic E-state index is -3.46.